The van der Waals surface area contributed by atoms with Crippen molar-refractivity contribution < 1.29 is 14.3 Å². The van der Waals surface area contributed by atoms with Gasteiger partial charge in [0.2, 0.25) is 0 Å². The SMILES string of the molecule is C[n+]1cc(/N=C(/[O-])CSc2nc3ccccc3c(=O)n2C2CC2)on1. The number of hydrogen-bond acceptors (Lipinski definition) is 7. The molecule has 0 atom stereocenters. The molecule has 0 aliphatic heterocycles. The highest BCUT2D eigenvalue weighted by molar-refractivity contribution is 7.99. The number of fused-ring (bicyclic) bond motifs is 1. The Bertz CT molecular complexity index is 1020. The van der Waals surface area contributed by atoms with Gasteiger partial charge in [-0.05, 0) is 30.9 Å². The lowest BCUT2D eigenvalue weighted by atomic mass is 10.2. The first-order valence-electron chi connectivity index (χ1n) is 7.83. The summed E-state index contributed by atoms with van der Waals surface area (Å²) in [4.78, 5) is 21.2. The fourth-order valence-corrected chi connectivity index (χ4v) is 3.38. The molecular weight excluding hydrogens is 342 g/mol. The number of aromatic nitrogens is 4. The highest BCUT2D eigenvalue weighted by atomic mass is 32.2. The number of rotatable bonds is 5. The van der Waals surface area contributed by atoms with Crippen LogP contribution in [0.1, 0.15) is 18.9 Å². The summed E-state index contributed by atoms with van der Waals surface area (Å²) in [5.74, 6) is -0.146. The van der Waals surface area contributed by atoms with Crippen LogP contribution < -0.4 is 15.3 Å². The summed E-state index contributed by atoms with van der Waals surface area (Å²) in [5, 5.41) is 16.8. The molecule has 9 heteroatoms. The first-order chi connectivity index (χ1) is 12.1. The number of para-hydroxylation sites is 1. The Morgan fingerprint density at radius 1 is 1.48 bits per heavy atom. The Balaban J connectivity index is 1.63. The van der Waals surface area contributed by atoms with E-state index in [4.69, 9.17) is 4.52 Å². The Morgan fingerprint density at radius 3 is 3.00 bits per heavy atom. The van der Waals surface area contributed by atoms with Gasteiger partial charge < -0.3 is 5.11 Å². The zero-order chi connectivity index (χ0) is 17.4. The fourth-order valence-electron chi connectivity index (χ4n) is 2.53. The molecule has 2 heterocycles. The minimum absolute atomic E-state index is 0.0535. The lowest BCUT2D eigenvalue weighted by Crippen LogP contribution is -2.27. The second-order valence-corrected chi connectivity index (χ2v) is 6.77. The topological polar surface area (TPSA) is 100 Å². The number of nitrogens with zero attached hydrogens (tertiary/aromatic N) is 5. The molecule has 4 rings (SSSR count). The Morgan fingerprint density at radius 2 is 2.28 bits per heavy atom. The minimum atomic E-state index is -0.369. The van der Waals surface area contributed by atoms with Crippen molar-refractivity contribution in [2.45, 2.75) is 24.0 Å². The van der Waals surface area contributed by atoms with E-state index in [1.165, 1.54) is 22.6 Å². The van der Waals surface area contributed by atoms with Crippen LogP contribution in [0.5, 0.6) is 0 Å². The van der Waals surface area contributed by atoms with Crippen LogP contribution >= 0.6 is 11.8 Å². The summed E-state index contributed by atoms with van der Waals surface area (Å²) in [7, 11) is 1.68. The predicted octanol–water partition coefficient (Wildman–Crippen LogP) is 0.726. The summed E-state index contributed by atoms with van der Waals surface area (Å²) in [6.45, 7) is 0. The van der Waals surface area contributed by atoms with E-state index in [0.717, 1.165) is 12.8 Å². The van der Waals surface area contributed by atoms with Crippen molar-refractivity contribution in [3.05, 3.63) is 40.8 Å². The predicted molar refractivity (Wildman–Crippen MR) is 89.8 cm³/mol. The molecule has 1 aliphatic rings. The van der Waals surface area contributed by atoms with Crippen molar-refractivity contribution in [2.75, 3.05) is 5.75 Å². The molecule has 3 aromatic rings. The monoisotopic (exact) mass is 357 g/mol. The van der Waals surface area contributed by atoms with E-state index in [1.807, 2.05) is 12.1 Å². The standard InChI is InChI=1S/C16H15N5O3S/c1-20-8-14(24-19-20)18-13(22)9-25-16-17-12-5-3-2-4-11(12)15(23)21(16)10-6-7-10/h2-5,8,10H,6-7,9H2,1H3. The van der Waals surface area contributed by atoms with Crippen LogP contribution in [0.4, 0.5) is 5.88 Å². The smallest absolute Gasteiger partial charge is 0.320 e. The highest BCUT2D eigenvalue weighted by Gasteiger charge is 2.28. The second-order valence-electron chi connectivity index (χ2n) is 5.83. The molecule has 25 heavy (non-hydrogen) atoms. The maximum Gasteiger partial charge on any atom is 0.320 e. The van der Waals surface area contributed by atoms with Crippen molar-refractivity contribution in [3.63, 3.8) is 0 Å². The maximum absolute atomic E-state index is 12.7. The number of thioether (sulfide) groups is 1. The lowest BCUT2D eigenvalue weighted by Gasteiger charge is -2.14. The van der Waals surface area contributed by atoms with E-state index in [9.17, 15) is 9.90 Å². The largest absolute Gasteiger partial charge is 0.861 e. The summed E-state index contributed by atoms with van der Waals surface area (Å²) in [5.41, 5.74) is 0.584. The van der Waals surface area contributed by atoms with E-state index in [0.29, 0.717) is 16.1 Å². The van der Waals surface area contributed by atoms with Crippen molar-refractivity contribution >= 4 is 34.4 Å². The molecule has 0 unspecified atom stereocenters. The normalized spacial score (nSPS) is 15.0. The third kappa shape index (κ3) is 3.27. The average molecular weight is 357 g/mol. The van der Waals surface area contributed by atoms with Crippen LogP contribution in [-0.2, 0) is 7.05 Å². The van der Waals surface area contributed by atoms with Gasteiger partial charge in [-0.3, -0.25) is 13.9 Å². The highest BCUT2D eigenvalue weighted by Crippen LogP contribution is 2.36. The molecule has 0 amide bonds. The van der Waals surface area contributed by atoms with E-state index < -0.39 is 0 Å². The minimum Gasteiger partial charge on any atom is -0.861 e. The van der Waals surface area contributed by atoms with Gasteiger partial charge in [0.25, 0.3) is 11.8 Å². The first-order valence-corrected chi connectivity index (χ1v) is 8.81. The van der Waals surface area contributed by atoms with E-state index in [1.54, 1.807) is 23.7 Å². The van der Waals surface area contributed by atoms with Crippen molar-refractivity contribution in [3.8, 4) is 0 Å². The summed E-state index contributed by atoms with van der Waals surface area (Å²) in [6.07, 6.45) is 3.43. The van der Waals surface area contributed by atoms with Gasteiger partial charge in [-0.2, -0.15) is 0 Å². The number of hydrogen-bond donors (Lipinski definition) is 0. The molecule has 0 bridgehead atoms. The van der Waals surface area contributed by atoms with Gasteiger partial charge in [0.1, 0.15) is 0 Å². The van der Waals surface area contributed by atoms with E-state index in [2.05, 4.69) is 15.2 Å². The van der Waals surface area contributed by atoms with Gasteiger partial charge in [0, 0.05) is 11.8 Å². The Hall–Kier alpha value is -2.68. The Labute approximate surface area is 146 Å². The Kier molecular flexibility index (Phi) is 4.00. The maximum atomic E-state index is 12.7. The molecule has 1 saturated carbocycles. The average Bonchev–Trinajstić information content (AvgIpc) is 3.35. The van der Waals surface area contributed by atoms with Crippen molar-refractivity contribution in [1.82, 2.24) is 14.8 Å². The van der Waals surface area contributed by atoms with Crippen LogP contribution in [-0.4, -0.2) is 26.5 Å². The fraction of sp³-hybridized carbons (Fsp3) is 0.312. The molecule has 1 fully saturated rings. The molecule has 0 spiro atoms. The number of aryl methyl sites for hydroxylation is 1. The van der Waals surface area contributed by atoms with Crippen molar-refractivity contribution in [2.24, 2.45) is 12.0 Å². The molecule has 1 aromatic carbocycles. The lowest BCUT2D eigenvalue weighted by molar-refractivity contribution is -0.739. The van der Waals surface area contributed by atoms with Crippen LogP contribution in [0, 0.1) is 0 Å². The van der Waals surface area contributed by atoms with E-state index in [-0.39, 0.29) is 29.1 Å². The molecule has 1 aliphatic carbocycles. The van der Waals surface area contributed by atoms with Gasteiger partial charge in [-0.25, -0.2) is 9.98 Å². The summed E-state index contributed by atoms with van der Waals surface area (Å²) in [6, 6.07) is 7.43. The number of benzene rings is 1. The number of aliphatic imine (C=N–C) groups is 1. The van der Waals surface area contributed by atoms with Gasteiger partial charge in [-0.15, -0.1) is 0 Å². The zero-order valence-corrected chi connectivity index (χ0v) is 14.3. The molecule has 128 valence electrons. The van der Waals surface area contributed by atoms with E-state index >= 15 is 0 Å². The quantitative estimate of drug-likeness (QED) is 0.219. The van der Waals surface area contributed by atoms with Crippen LogP contribution in [0.3, 0.4) is 0 Å². The van der Waals surface area contributed by atoms with Gasteiger partial charge >= 0.3 is 5.88 Å². The van der Waals surface area contributed by atoms with Crippen LogP contribution in [0.2, 0.25) is 0 Å². The molecule has 0 N–H and O–H groups in total. The van der Waals surface area contributed by atoms with Crippen LogP contribution in [0.25, 0.3) is 10.9 Å². The van der Waals surface area contributed by atoms with Gasteiger partial charge in [0.15, 0.2) is 17.5 Å². The molecule has 0 saturated heterocycles. The summed E-state index contributed by atoms with van der Waals surface area (Å²) >= 11 is 1.22. The third-order valence-corrected chi connectivity index (χ3v) is 4.74. The van der Waals surface area contributed by atoms with Gasteiger partial charge in [0.05, 0.1) is 10.9 Å². The van der Waals surface area contributed by atoms with Crippen molar-refractivity contribution in [1.29, 1.82) is 0 Å². The van der Waals surface area contributed by atoms with Crippen LogP contribution in [0.15, 0.2) is 49.9 Å². The molecular formula is C16H15N5O3S. The summed E-state index contributed by atoms with van der Waals surface area (Å²) < 4.78 is 8.01. The second kappa shape index (κ2) is 6.32. The molecule has 8 nitrogen and oxygen atoms in total. The molecule has 2 aromatic heterocycles. The zero-order valence-electron chi connectivity index (χ0n) is 13.5. The molecule has 0 radical (unpaired) electrons. The van der Waals surface area contributed by atoms with Gasteiger partial charge in [-0.1, -0.05) is 28.6 Å². The third-order valence-electron chi connectivity index (χ3n) is 3.81. The first kappa shape index (κ1) is 15.8.